The first-order valence-electron chi connectivity index (χ1n) is 5.67. The van der Waals surface area contributed by atoms with Crippen LogP contribution in [-0.4, -0.2) is 48.6 Å². The molecule has 1 amide bonds. The summed E-state index contributed by atoms with van der Waals surface area (Å²) < 4.78 is 34.5. The number of unbranched alkanes of at least 4 members (excludes halogenated alkanes) is 2. The third kappa shape index (κ3) is 15.1. The molecule has 0 saturated heterocycles. The maximum absolute atomic E-state index is 11.5. The summed E-state index contributed by atoms with van der Waals surface area (Å²) in [5, 5.41) is 18.1. The van der Waals surface area contributed by atoms with Gasteiger partial charge in [-0.3, -0.25) is 4.79 Å². The number of aliphatic hydroxyl groups excluding tert-OH is 2. The van der Waals surface area contributed by atoms with Crippen LogP contribution in [0.15, 0.2) is 0 Å². The number of nitrogens with one attached hydrogen (secondary N) is 1. The largest absolute Gasteiger partial charge is 0.471 e. The molecule has 0 unspecified atom stereocenters. The fourth-order valence-corrected chi connectivity index (χ4v) is 0.795. The fraction of sp³-hybridized carbons (Fsp3) is 0.900. The van der Waals surface area contributed by atoms with Crippen LogP contribution in [0.1, 0.15) is 25.7 Å². The zero-order chi connectivity index (χ0) is 14.4. The van der Waals surface area contributed by atoms with Gasteiger partial charge in [0.15, 0.2) is 0 Å². The Balaban J connectivity index is 0. The number of hydrogen-bond acceptors (Lipinski definition) is 4. The molecule has 0 rings (SSSR count). The first-order chi connectivity index (χ1) is 8.40. The molecule has 8 heteroatoms. The molecule has 5 nitrogen and oxygen atoms in total. The molecular formula is C10H21F3N2O3. The summed E-state index contributed by atoms with van der Waals surface area (Å²) in [6.07, 6.45) is -2.29. The number of amides is 1. The van der Waals surface area contributed by atoms with Gasteiger partial charge >= 0.3 is 12.1 Å². The molecule has 0 aromatic carbocycles. The Morgan fingerprint density at radius 1 is 1.06 bits per heavy atom. The molecule has 0 heterocycles. The molecule has 0 aromatic heterocycles. The monoisotopic (exact) mass is 274 g/mol. The van der Waals surface area contributed by atoms with Crippen LogP contribution >= 0.6 is 0 Å². The topological polar surface area (TPSA) is 95.6 Å². The summed E-state index contributed by atoms with van der Waals surface area (Å²) in [6, 6.07) is 0. The number of alkyl halides is 3. The Labute approximate surface area is 104 Å². The van der Waals surface area contributed by atoms with E-state index in [9.17, 15) is 18.0 Å². The van der Waals surface area contributed by atoms with E-state index in [0.717, 1.165) is 12.8 Å². The van der Waals surface area contributed by atoms with E-state index in [-0.39, 0.29) is 19.8 Å². The quantitative estimate of drug-likeness (QED) is 0.497. The van der Waals surface area contributed by atoms with Crippen LogP contribution in [0, 0.1) is 0 Å². The van der Waals surface area contributed by atoms with Crippen LogP contribution < -0.4 is 11.1 Å². The summed E-state index contributed by atoms with van der Waals surface area (Å²) >= 11 is 0. The lowest BCUT2D eigenvalue weighted by molar-refractivity contribution is -0.173. The molecule has 0 aliphatic carbocycles. The third-order valence-corrected chi connectivity index (χ3v) is 1.74. The molecule has 110 valence electrons. The lowest BCUT2D eigenvalue weighted by atomic mass is 10.3. The van der Waals surface area contributed by atoms with Crippen molar-refractivity contribution in [2.75, 3.05) is 26.3 Å². The van der Waals surface area contributed by atoms with Gasteiger partial charge < -0.3 is 21.3 Å². The Morgan fingerprint density at radius 2 is 1.56 bits per heavy atom. The first kappa shape index (κ1) is 19.5. The standard InChI is InChI=1S/C6H10F3NO2.C4H11NO/c7-6(8,9)5(12)10-3-1-2-4-11;5-3-1-2-4-6/h11H,1-4H2,(H,10,12);6H,1-5H2. The maximum atomic E-state index is 11.5. The van der Waals surface area contributed by atoms with Gasteiger partial charge in [-0.1, -0.05) is 0 Å². The van der Waals surface area contributed by atoms with Crippen LogP contribution in [-0.2, 0) is 4.79 Å². The number of hydrogen-bond donors (Lipinski definition) is 4. The Kier molecular flexibility index (Phi) is 13.6. The first-order valence-corrected chi connectivity index (χ1v) is 5.67. The number of halogens is 3. The summed E-state index contributed by atoms with van der Waals surface area (Å²) in [5.41, 5.74) is 5.10. The van der Waals surface area contributed by atoms with Crippen molar-refractivity contribution in [1.29, 1.82) is 0 Å². The number of carbonyl (C=O) groups excluding carboxylic acids is 1. The molecule has 0 aliphatic rings. The minimum atomic E-state index is -4.81. The highest BCUT2D eigenvalue weighted by Gasteiger charge is 2.37. The highest BCUT2D eigenvalue weighted by atomic mass is 19.4. The predicted molar refractivity (Wildman–Crippen MR) is 60.8 cm³/mol. The average Bonchev–Trinajstić information content (AvgIpc) is 2.31. The van der Waals surface area contributed by atoms with E-state index >= 15 is 0 Å². The van der Waals surface area contributed by atoms with Crippen molar-refractivity contribution in [3.8, 4) is 0 Å². The van der Waals surface area contributed by atoms with Crippen LogP contribution in [0.3, 0.4) is 0 Å². The van der Waals surface area contributed by atoms with Crippen LogP contribution in [0.4, 0.5) is 13.2 Å². The Bertz CT molecular complexity index is 197. The van der Waals surface area contributed by atoms with E-state index in [4.69, 9.17) is 15.9 Å². The van der Waals surface area contributed by atoms with Crippen molar-refractivity contribution < 1.29 is 28.2 Å². The zero-order valence-electron chi connectivity index (χ0n) is 10.2. The molecule has 0 bridgehead atoms. The van der Waals surface area contributed by atoms with Gasteiger partial charge in [-0.05, 0) is 32.2 Å². The maximum Gasteiger partial charge on any atom is 0.471 e. The molecular weight excluding hydrogens is 253 g/mol. The average molecular weight is 274 g/mol. The summed E-state index contributed by atoms with van der Waals surface area (Å²) in [4.78, 5) is 10.1. The number of carbonyl (C=O) groups is 1. The normalized spacial score (nSPS) is 10.6. The van der Waals surface area contributed by atoms with E-state index < -0.39 is 12.1 Å². The van der Waals surface area contributed by atoms with Crippen LogP contribution in [0.25, 0.3) is 0 Å². The molecule has 5 N–H and O–H groups in total. The zero-order valence-corrected chi connectivity index (χ0v) is 10.2. The van der Waals surface area contributed by atoms with Gasteiger partial charge in [0, 0.05) is 19.8 Å². The van der Waals surface area contributed by atoms with E-state index in [1.165, 1.54) is 0 Å². The third-order valence-electron chi connectivity index (χ3n) is 1.74. The summed E-state index contributed by atoms with van der Waals surface area (Å²) in [5.74, 6) is -1.93. The molecule has 0 spiro atoms. The lowest BCUT2D eigenvalue weighted by Crippen LogP contribution is -2.37. The van der Waals surface area contributed by atoms with Crippen molar-refractivity contribution in [3.05, 3.63) is 0 Å². The van der Waals surface area contributed by atoms with Gasteiger partial charge in [0.05, 0.1) is 0 Å². The second-order valence-electron chi connectivity index (χ2n) is 3.40. The van der Waals surface area contributed by atoms with Gasteiger partial charge in [0.1, 0.15) is 0 Å². The molecule has 0 radical (unpaired) electrons. The van der Waals surface area contributed by atoms with Gasteiger partial charge in [0.25, 0.3) is 0 Å². The highest BCUT2D eigenvalue weighted by Crippen LogP contribution is 2.13. The van der Waals surface area contributed by atoms with E-state index in [1.54, 1.807) is 5.32 Å². The number of nitrogens with two attached hydrogens (primary N) is 1. The molecule has 0 aromatic rings. The van der Waals surface area contributed by atoms with E-state index in [1.807, 2.05) is 0 Å². The van der Waals surface area contributed by atoms with Gasteiger partial charge in [-0.25, -0.2) is 0 Å². The summed E-state index contributed by atoms with van der Waals surface area (Å²) in [7, 11) is 0. The predicted octanol–water partition coefficient (Wildman–Crippen LogP) is 0.155. The molecule has 0 atom stereocenters. The highest BCUT2D eigenvalue weighted by molar-refractivity contribution is 5.81. The second kappa shape index (κ2) is 12.6. The minimum Gasteiger partial charge on any atom is -0.396 e. The van der Waals surface area contributed by atoms with Crippen LogP contribution in [0.2, 0.25) is 0 Å². The SMILES string of the molecule is NCCCCO.O=C(NCCCCO)C(F)(F)F. The van der Waals surface area contributed by atoms with Crippen molar-refractivity contribution in [1.82, 2.24) is 5.32 Å². The Morgan fingerprint density at radius 3 is 1.89 bits per heavy atom. The molecule has 0 saturated carbocycles. The van der Waals surface area contributed by atoms with Crippen LogP contribution in [0.5, 0.6) is 0 Å². The van der Waals surface area contributed by atoms with E-state index in [2.05, 4.69) is 0 Å². The van der Waals surface area contributed by atoms with Gasteiger partial charge in [-0.15, -0.1) is 0 Å². The number of aliphatic hydroxyl groups is 2. The summed E-state index contributed by atoms with van der Waals surface area (Å²) in [6.45, 7) is 0.832. The Hall–Kier alpha value is -0.860. The lowest BCUT2D eigenvalue weighted by Gasteiger charge is -2.06. The molecule has 0 fully saturated rings. The van der Waals surface area contributed by atoms with Crippen molar-refractivity contribution in [3.63, 3.8) is 0 Å². The van der Waals surface area contributed by atoms with Crippen molar-refractivity contribution in [2.24, 2.45) is 5.73 Å². The van der Waals surface area contributed by atoms with E-state index in [0.29, 0.717) is 19.4 Å². The second-order valence-corrected chi connectivity index (χ2v) is 3.40. The molecule has 18 heavy (non-hydrogen) atoms. The number of rotatable bonds is 7. The van der Waals surface area contributed by atoms with Gasteiger partial charge in [0.2, 0.25) is 0 Å². The van der Waals surface area contributed by atoms with Crippen molar-refractivity contribution in [2.45, 2.75) is 31.9 Å². The fourth-order valence-electron chi connectivity index (χ4n) is 0.795. The molecule has 0 aliphatic heterocycles. The van der Waals surface area contributed by atoms with Gasteiger partial charge in [-0.2, -0.15) is 13.2 Å². The van der Waals surface area contributed by atoms with Crippen molar-refractivity contribution >= 4 is 5.91 Å². The minimum absolute atomic E-state index is 0.0566. The smallest absolute Gasteiger partial charge is 0.396 e.